The molecule has 0 fully saturated rings. The molecule has 1 N–H and O–H groups in total. The number of anilines is 1. The SMILES string of the molecule is CCNC(=O)[C@H](C)N(Cc1c(Cl)cccc1Cl)C(=O)CN(c1cc(OC)ccc1OC)S(=O)(=O)c1ccc(C)cc1. The summed E-state index contributed by atoms with van der Waals surface area (Å²) < 4.78 is 39.9. The van der Waals surface area contributed by atoms with Crippen molar-refractivity contribution in [3.63, 3.8) is 0 Å². The molecular weight excluding hydrogens is 589 g/mol. The Hall–Kier alpha value is -3.47. The number of ether oxygens (including phenoxy) is 2. The number of likely N-dealkylation sites (N-methyl/N-ethyl adjacent to an activating group) is 1. The van der Waals surface area contributed by atoms with Crippen molar-refractivity contribution in [2.24, 2.45) is 0 Å². The topological polar surface area (TPSA) is 105 Å². The van der Waals surface area contributed by atoms with Gasteiger partial charge in [-0.2, -0.15) is 0 Å². The Balaban J connectivity index is 2.16. The lowest BCUT2D eigenvalue weighted by Crippen LogP contribution is -2.51. The van der Waals surface area contributed by atoms with Crippen LogP contribution in [-0.2, 0) is 26.2 Å². The molecule has 0 heterocycles. The molecule has 3 aromatic rings. The fourth-order valence-electron chi connectivity index (χ4n) is 4.10. The van der Waals surface area contributed by atoms with E-state index in [-0.39, 0.29) is 22.9 Å². The Labute approximate surface area is 251 Å². The molecule has 0 spiro atoms. The van der Waals surface area contributed by atoms with Gasteiger partial charge in [0.25, 0.3) is 10.0 Å². The standard InChI is InChI=1S/C29H33Cl2N3O6S/c1-6-32-29(36)20(3)33(17-23-24(30)8-7-9-25(23)31)28(35)18-34(26-16-21(39-4)12-15-27(26)40-5)41(37,38)22-13-10-19(2)11-14-22/h7-16,20H,6,17-18H2,1-5H3,(H,32,36)/t20-/m0/s1. The van der Waals surface area contributed by atoms with Gasteiger partial charge >= 0.3 is 0 Å². The monoisotopic (exact) mass is 621 g/mol. The average molecular weight is 623 g/mol. The third-order valence-electron chi connectivity index (χ3n) is 6.45. The van der Waals surface area contributed by atoms with Crippen LogP contribution in [0.3, 0.4) is 0 Å². The highest BCUT2D eigenvalue weighted by Gasteiger charge is 2.34. The van der Waals surface area contributed by atoms with E-state index in [1.54, 1.807) is 56.3 Å². The zero-order valence-electron chi connectivity index (χ0n) is 23.5. The predicted molar refractivity (Wildman–Crippen MR) is 160 cm³/mol. The van der Waals surface area contributed by atoms with Crippen LogP contribution in [0, 0.1) is 6.92 Å². The molecule has 9 nitrogen and oxygen atoms in total. The summed E-state index contributed by atoms with van der Waals surface area (Å²) in [5.74, 6) is -0.532. The number of methoxy groups -OCH3 is 2. The molecule has 1 atom stereocenters. The Bertz CT molecular complexity index is 1480. The van der Waals surface area contributed by atoms with Crippen LogP contribution in [0.2, 0.25) is 10.0 Å². The molecule has 0 aliphatic carbocycles. The number of carbonyl (C=O) groups excluding carboxylic acids is 2. The van der Waals surface area contributed by atoms with Gasteiger partial charge in [0, 0.05) is 34.8 Å². The second-order valence-electron chi connectivity index (χ2n) is 9.15. The molecule has 0 aliphatic heterocycles. The Kier molecular flexibility index (Phi) is 10.9. The number of halogens is 2. The maximum atomic E-state index is 14.1. The van der Waals surface area contributed by atoms with E-state index in [4.69, 9.17) is 32.7 Å². The van der Waals surface area contributed by atoms with Crippen LogP contribution in [0.5, 0.6) is 11.5 Å². The minimum Gasteiger partial charge on any atom is -0.497 e. The molecule has 3 rings (SSSR count). The zero-order valence-corrected chi connectivity index (χ0v) is 25.8. The third-order valence-corrected chi connectivity index (χ3v) is 8.93. The second kappa shape index (κ2) is 13.9. The van der Waals surface area contributed by atoms with E-state index in [1.165, 1.54) is 37.3 Å². The fourth-order valence-corrected chi connectivity index (χ4v) is 6.03. The van der Waals surface area contributed by atoms with Gasteiger partial charge in [-0.15, -0.1) is 0 Å². The van der Waals surface area contributed by atoms with Crippen molar-refractivity contribution in [3.8, 4) is 11.5 Å². The van der Waals surface area contributed by atoms with Gasteiger partial charge in [0.2, 0.25) is 11.8 Å². The normalized spacial score (nSPS) is 11.9. The molecule has 0 aliphatic rings. The van der Waals surface area contributed by atoms with Gasteiger partial charge in [0.15, 0.2) is 0 Å². The molecule has 2 amide bonds. The van der Waals surface area contributed by atoms with E-state index in [0.29, 0.717) is 27.9 Å². The Morgan fingerprint density at radius 3 is 2.17 bits per heavy atom. The second-order valence-corrected chi connectivity index (χ2v) is 11.8. The van der Waals surface area contributed by atoms with Gasteiger partial charge < -0.3 is 19.7 Å². The van der Waals surface area contributed by atoms with Gasteiger partial charge in [-0.05, 0) is 57.2 Å². The zero-order chi connectivity index (χ0) is 30.3. The van der Waals surface area contributed by atoms with Gasteiger partial charge in [-0.25, -0.2) is 8.42 Å². The summed E-state index contributed by atoms with van der Waals surface area (Å²) in [5, 5.41) is 3.31. The average Bonchev–Trinajstić information content (AvgIpc) is 2.95. The summed E-state index contributed by atoms with van der Waals surface area (Å²) >= 11 is 12.8. The van der Waals surface area contributed by atoms with Gasteiger partial charge in [-0.3, -0.25) is 13.9 Å². The van der Waals surface area contributed by atoms with Crippen LogP contribution in [0.1, 0.15) is 25.0 Å². The van der Waals surface area contributed by atoms with Crippen molar-refractivity contribution in [1.82, 2.24) is 10.2 Å². The van der Waals surface area contributed by atoms with Crippen LogP contribution >= 0.6 is 23.2 Å². The Morgan fingerprint density at radius 2 is 1.61 bits per heavy atom. The number of aryl methyl sites for hydroxylation is 1. The van der Waals surface area contributed by atoms with Gasteiger partial charge in [-0.1, -0.05) is 47.0 Å². The molecule has 0 aromatic heterocycles. The van der Waals surface area contributed by atoms with E-state index in [2.05, 4.69) is 5.32 Å². The summed E-state index contributed by atoms with van der Waals surface area (Å²) in [4.78, 5) is 28.2. The maximum Gasteiger partial charge on any atom is 0.264 e. The molecule has 0 radical (unpaired) electrons. The summed E-state index contributed by atoms with van der Waals surface area (Å²) in [6.07, 6.45) is 0. The Morgan fingerprint density at radius 1 is 0.976 bits per heavy atom. The number of sulfonamides is 1. The van der Waals surface area contributed by atoms with Crippen molar-refractivity contribution < 1.29 is 27.5 Å². The van der Waals surface area contributed by atoms with E-state index in [9.17, 15) is 18.0 Å². The fraction of sp³-hybridized carbons (Fsp3) is 0.310. The maximum absolute atomic E-state index is 14.1. The number of nitrogens with one attached hydrogen (secondary N) is 1. The van der Waals surface area contributed by atoms with Crippen molar-refractivity contribution in [2.45, 2.75) is 38.3 Å². The molecule has 0 unspecified atom stereocenters. The van der Waals surface area contributed by atoms with Crippen LogP contribution in [0.25, 0.3) is 0 Å². The number of rotatable bonds is 12. The van der Waals surface area contributed by atoms with Crippen molar-refractivity contribution >= 4 is 50.7 Å². The van der Waals surface area contributed by atoms with Crippen LogP contribution < -0.4 is 19.1 Å². The van der Waals surface area contributed by atoms with Gasteiger partial charge in [0.1, 0.15) is 24.1 Å². The lowest BCUT2D eigenvalue weighted by molar-refractivity contribution is -0.139. The molecule has 0 saturated carbocycles. The number of benzene rings is 3. The largest absolute Gasteiger partial charge is 0.497 e. The lowest BCUT2D eigenvalue weighted by Gasteiger charge is -2.32. The number of nitrogens with zero attached hydrogens (tertiary/aromatic N) is 2. The number of carbonyl (C=O) groups is 2. The van der Waals surface area contributed by atoms with Crippen molar-refractivity contribution in [2.75, 3.05) is 31.6 Å². The number of hydrogen-bond acceptors (Lipinski definition) is 6. The van der Waals surface area contributed by atoms with E-state index in [1.807, 2.05) is 6.92 Å². The minimum atomic E-state index is -4.30. The van der Waals surface area contributed by atoms with Crippen molar-refractivity contribution in [3.05, 3.63) is 81.8 Å². The van der Waals surface area contributed by atoms with Crippen LogP contribution in [0.4, 0.5) is 5.69 Å². The first-order valence-electron chi connectivity index (χ1n) is 12.8. The summed E-state index contributed by atoms with van der Waals surface area (Å²) in [6.45, 7) is 4.69. The van der Waals surface area contributed by atoms with E-state index >= 15 is 0 Å². The smallest absolute Gasteiger partial charge is 0.264 e. The molecular formula is C29H33Cl2N3O6S. The van der Waals surface area contributed by atoms with E-state index < -0.39 is 34.4 Å². The highest BCUT2D eigenvalue weighted by atomic mass is 35.5. The predicted octanol–water partition coefficient (Wildman–Crippen LogP) is 5.07. The first kappa shape index (κ1) is 32.0. The quantitative estimate of drug-likeness (QED) is 0.303. The first-order valence-corrected chi connectivity index (χ1v) is 15.0. The molecule has 0 saturated heterocycles. The highest BCUT2D eigenvalue weighted by molar-refractivity contribution is 7.92. The molecule has 220 valence electrons. The summed E-state index contributed by atoms with van der Waals surface area (Å²) in [5.41, 5.74) is 1.37. The summed E-state index contributed by atoms with van der Waals surface area (Å²) in [7, 11) is -1.47. The first-order chi connectivity index (χ1) is 19.4. The minimum absolute atomic E-state index is 0.0294. The number of hydrogen-bond donors (Lipinski definition) is 1. The van der Waals surface area contributed by atoms with Crippen LogP contribution in [0.15, 0.2) is 65.6 Å². The molecule has 12 heteroatoms. The molecule has 0 bridgehead atoms. The highest BCUT2D eigenvalue weighted by Crippen LogP contribution is 2.36. The van der Waals surface area contributed by atoms with Crippen molar-refractivity contribution in [1.29, 1.82) is 0 Å². The lowest BCUT2D eigenvalue weighted by atomic mass is 10.1. The third kappa shape index (κ3) is 7.44. The molecule has 41 heavy (non-hydrogen) atoms. The van der Waals surface area contributed by atoms with Crippen LogP contribution in [-0.4, -0.2) is 58.5 Å². The van der Waals surface area contributed by atoms with Gasteiger partial charge in [0.05, 0.1) is 24.8 Å². The summed E-state index contributed by atoms with van der Waals surface area (Å²) in [6, 6.07) is 14.8. The van der Waals surface area contributed by atoms with E-state index in [0.717, 1.165) is 9.87 Å². The molecule has 3 aromatic carbocycles. The number of amides is 2.